The van der Waals surface area contributed by atoms with Crippen LogP contribution in [0.3, 0.4) is 0 Å². The summed E-state index contributed by atoms with van der Waals surface area (Å²) in [6, 6.07) is 9.00. The number of aryl methyl sites for hydroxylation is 1. The van der Waals surface area contributed by atoms with Crippen molar-refractivity contribution in [2.45, 2.75) is 19.8 Å². The summed E-state index contributed by atoms with van der Waals surface area (Å²) in [4.78, 5) is 4.58. The van der Waals surface area contributed by atoms with Crippen LogP contribution in [0.1, 0.15) is 25.6 Å². The van der Waals surface area contributed by atoms with E-state index in [2.05, 4.69) is 33.9 Å². The van der Waals surface area contributed by atoms with Gasteiger partial charge in [0.25, 0.3) is 0 Å². The van der Waals surface area contributed by atoms with Gasteiger partial charge in [-0.25, -0.2) is 4.98 Å². The number of anilines is 1. The maximum Gasteiger partial charge on any atom is 0.237 e. The molecule has 0 aliphatic rings. The molecule has 0 aliphatic carbocycles. The fourth-order valence-corrected chi connectivity index (χ4v) is 2.00. The van der Waals surface area contributed by atoms with Gasteiger partial charge in [0, 0.05) is 13.0 Å². The largest absolute Gasteiger partial charge is 0.331 e. The smallest absolute Gasteiger partial charge is 0.237 e. The lowest BCUT2D eigenvalue weighted by Crippen LogP contribution is -1.99. The summed E-state index contributed by atoms with van der Waals surface area (Å²) < 4.78 is 2.06. The van der Waals surface area contributed by atoms with E-state index in [9.17, 15) is 0 Å². The van der Waals surface area contributed by atoms with E-state index in [0.29, 0.717) is 11.6 Å². The van der Waals surface area contributed by atoms with Gasteiger partial charge in [-0.05, 0) is 18.2 Å². The molecule has 1 heterocycles. The number of rotatable bonds is 3. The Bertz CT molecular complexity index is 738. The Morgan fingerprint density at radius 3 is 2.65 bits per heavy atom. The highest BCUT2D eigenvalue weighted by Crippen LogP contribution is 2.23. The van der Waals surface area contributed by atoms with E-state index in [1.54, 1.807) is 12.1 Å². The van der Waals surface area contributed by atoms with Crippen molar-refractivity contribution < 1.29 is 0 Å². The molecule has 1 aromatic carbocycles. The van der Waals surface area contributed by atoms with Gasteiger partial charge < -0.3 is 4.57 Å². The van der Waals surface area contributed by atoms with Crippen molar-refractivity contribution in [1.82, 2.24) is 9.55 Å². The molecule has 0 unspecified atom stereocenters. The average Bonchev–Trinajstić information content (AvgIpc) is 2.77. The lowest BCUT2D eigenvalue weighted by Gasteiger charge is -2.04. The third kappa shape index (κ3) is 2.45. The minimum absolute atomic E-state index is 0.214. The second kappa shape index (κ2) is 5.41. The molecule has 0 atom stereocenters. The molecule has 0 saturated heterocycles. The van der Waals surface area contributed by atoms with E-state index in [0.717, 1.165) is 16.9 Å². The second-order valence-electron chi connectivity index (χ2n) is 4.68. The van der Waals surface area contributed by atoms with Crippen molar-refractivity contribution in [1.29, 1.82) is 10.5 Å². The van der Waals surface area contributed by atoms with Crippen LogP contribution in [0.5, 0.6) is 0 Å². The van der Waals surface area contributed by atoms with Crippen molar-refractivity contribution in [3.05, 3.63) is 24.0 Å². The minimum atomic E-state index is -0.214. The number of benzene rings is 1. The van der Waals surface area contributed by atoms with Gasteiger partial charge in [0.2, 0.25) is 5.71 Å². The summed E-state index contributed by atoms with van der Waals surface area (Å²) in [5.74, 6) is 1.35. The molecule has 0 saturated carbocycles. The van der Waals surface area contributed by atoms with Gasteiger partial charge in [-0.15, -0.1) is 0 Å². The van der Waals surface area contributed by atoms with Crippen LogP contribution in [0.2, 0.25) is 0 Å². The number of hydrazone groups is 1. The van der Waals surface area contributed by atoms with Gasteiger partial charge in [0.1, 0.15) is 18.0 Å². The molecule has 20 heavy (non-hydrogen) atoms. The third-order valence-electron chi connectivity index (χ3n) is 2.94. The molecule has 6 nitrogen and oxygen atoms in total. The Kier molecular flexibility index (Phi) is 3.67. The molecule has 1 N–H and O–H groups in total. The zero-order valence-electron chi connectivity index (χ0n) is 11.5. The molecule has 6 heteroatoms. The normalized spacial score (nSPS) is 10.1. The number of nitriles is 2. The fraction of sp³-hybridized carbons (Fsp3) is 0.286. The van der Waals surface area contributed by atoms with Crippen molar-refractivity contribution in [3.8, 4) is 12.1 Å². The van der Waals surface area contributed by atoms with E-state index in [1.807, 2.05) is 25.2 Å². The zero-order chi connectivity index (χ0) is 14.7. The van der Waals surface area contributed by atoms with Crippen LogP contribution in [0, 0.1) is 22.7 Å². The summed E-state index contributed by atoms with van der Waals surface area (Å²) >= 11 is 0. The topological polar surface area (TPSA) is 89.8 Å². The quantitative estimate of drug-likeness (QED) is 0.682. The zero-order valence-corrected chi connectivity index (χ0v) is 11.5. The van der Waals surface area contributed by atoms with E-state index in [1.165, 1.54) is 0 Å². The Morgan fingerprint density at radius 2 is 2.05 bits per heavy atom. The lowest BCUT2D eigenvalue weighted by molar-refractivity contribution is 0.722. The Labute approximate surface area is 117 Å². The predicted molar refractivity (Wildman–Crippen MR) is 77.1 cm³/mol. The van der Waals surface area contributed by atoms with E-state index in [4.69, 9.17) is 10.5 Å². The van der Waals surface area contributed by atoms with Gasteiger partial charge in [0.05, 0.1) is 16.7 Å². The summed E-state index contributed by atoms with van der Waals surface area (Å²) in [5.41, 5.74) is 5.05. The number of imidazole rings is 1. The molecule has 0 radical (unpaired) electrons. The molecule has 1 aromatic heterocycles. The minimum Gasteiger partial charge on any atom is -0.331 e. The van der Waals surface area contributed by atoms with Gasteiger partial charge in [0.15, 0.2) is 0 Å². The van der Waals surface area contributed by atoms with Crippen LogP contribution in [0.15, 0.2) is 23.3 Å². The Morgan fingerprint density at radius 1 is 1.35 bits per heavy atom. The number of hydrogen-bond donors (Lipinski definition) is 1. The van der Waals surface area contributed by atoms with Crippen molar-refractivity contribution in [2.24, 2.45) is 12.1 Å². The van der Waals surface area contributed by atoms with Gasteiger partial charge in [-0.2, -0.15) is 15.6 Å². The van der Waals surface area contributed by atoms with Crippen molar-refractivity contribution in [3.63, 3.8) is 0 Å². The van der Waals surface area contributed by atoms with E-state index < -0.39 is 0 Å². The van der Waals surface area contributed by atoms with Crippen LogP contribution in [0.25, 0.3) is 11.0 Å². The molecule has 2 rings (SSSR count). The van der Waals surface area contributed by atoms with Crippen LogP contribution in [-0.2, 0) is 7.05 Å². The first kappa shape index (κ1) is 13.6. The SMILES string of the molecule is CC(C)c1nc2cc(NN=C(C#N)C#N)ccc2n1C. The summed E-state index contributed by atoms with van der Waals surface area (Å²) in [5, 5.41) is 20.9. The number of nitrogens with one attached hydrogen (secondary N) is 1. The molecule has 2 aromatic rings. The first-order chi connectivity index (χ1) is 9.56. The van der Waals surface area contributed by atoms with Crippen molar-refractivity contribution in [2.75, 3.05) is 5.43 Å². The third-order valence-corrected chi connectivity index (χ3v) is 2.94. The first-order valence-corrected chi connectivity index (χ1v) is 6.17. The summed E-state index contributed by atoms with van der Waals surface area (Å²) in [6.45, 7) is 4.19. The highest BCUT2D eigenvalue weighted by molar-refractivity contribution is 6.10. The fourth-order valence-electron chi connectivity index (χ4n) is 2.00. The lowest BCUT2D eigenvalue weighted by atomic mass is 10.2. The molecular formula is C14H14N6. The molecule has 0 bridgehead atoms. The molecule has 0 spiro atoms. The standard InChI is InChI=1S/C14H14N6/c1-9(2)14-17-12-6-10(4-5-13(12)20(14)3)18-19-11(7-15)8-16/h4-6,9,18H,1-3H3. The molecular weight excluding hydrogens is 252 g/mol. The summed E-state index contributed by atoms with van der Waals surface area (Å²) in [6.07, 6.45) is 0. The predicted octanol–water partition coefficient (Wildman–Crippen LogP) is 2.51. The highest BCUT2D eigenvalue weighted by Gasteiger charge is 2.11. The number of nitrogens with zero attached hydrogens (tertiary/aromatic N) is 5. The summed E-state index contributed by atoms with van der Waals surface area (Å²) in [7, 11) is 1.99. The Hall–Kier alpha value is -2.86. The monoisotopic (exact) mass is 266 g/mol. The van der Waals surface area contributed by atoms with Crippen LogP contribution >= 0.6 is 0 Å². The second-order valence-corrected chi connectivity index (χ2v) is 4.68. The molecule has 100 valence electrons. The van der Waals surface area contributed by atoms with E-state index >= 15 is 0 Å². The highest BCUT2D eigenvalue weighted by atomic mass is 15.3. The number of fused-ring (bicyclic) bond motifs is 1. The molecule has 0 amide bonds. The first-order valence-electron chi connectivity index (χ1n) is 6.17. The molecule has 0 aliphatic heterocycles. The number of aromatic nitrogens is 2. The maximum atomic E-state index is 8.62. The van der Waals surface area contributed by atoms with Crippen molar-refractivity contribution >= 4 is 22.4 Å². The van der Waals surface area contributed by atoms with Gasteiger partial charge in [-0.1, -0.05) is 13.8 Å². The number of hydrogen-bond acceptors (Lipinski definition) is 5. The molecule has 0 fully saturated rings. The average molecular weight is 266 g/mol. The van der Waals surface area contributed by atoms with Gasteiger partial charge in [-0.3, -0.25) is 5.43 Å². The van der Waals surface area contributed by atoms with E-state index in [-0.39, 0.29) is 5.71 Å². The van der Waals surface area contributed by atoms with Crippen LogP contribution in [-0.4, -0.2) is 15.3 Å². The van der Waals surface area contributed by atoms with Gasteiger partial charge >= 0.3 is 0 Å². The van der Waals surface area contributed by atoms with Crippen LogP contribution < -0.4 is 5.43 Å². The Balaban J connectivity index is 2.38. The van der Waals surface area contributed by atoms with Crippen LogP contribution in [0.4, 0.5) is 5.69 Å². The maximum absolute atomic E-state index is 8.62.